The molecule has 0 aliphatic carbocycles. The number of carbonyl (C=O) groups is 1. The lowest BCUT2D eigenvalue weighted by Gasteiger charge is -2.25. The maximum absolute atomic E-state index is 12.3. The van der Waals surface area contributed by atoms with Crippen molar-refractivity contribution in [2.45, 2.75) is 19.4 Å². The zero-order valence-electron chi connectivity index (χ0n) is 12.1. The van der Waals surface area contributed by atoms with Gasteiger partial charge in [-0.3, -0.25) is 0 Å². The summed E-state index contributed by atoms with van der Waals surface area (Å²) in [7, 11) is 0. The van der Waals surface area contributed by atoms with Crippen LogP contribution in [0.3, 0.4) is 0 Å². The summed E-state index contributed by atoms with van der Waals surface area (Å²) in [5.74, 6) is -0.325. The van der Waals surface area contributed by atoms with Gasteiger partial charge in [-0.1, -0.05) is 49.0 Å². The van der Waals surface area contributed by atoms with E-state index in [4.69, 9.17) is 4.74 Å². The van der Waals surface area contributed by atoms with Crippen LogP contribution in [0.1, 0.15) is 35.3 Å². The monoisotopic (exact) mass is 392 g/mol. The van der Waals surface area contributed by atoms with Crippen LogP contribution >= 0.6 is 22.6 Å². The summed E-state index contributed by atoms with van der Waals surface area (Å²) in [5.41, 5.74) is 1.86. The van der Waals surface area contributed by atoms with Gasteiger partial charge >= 0.3 is 5.97 Å². The molecular formula is C18H17IO2. The molecular weight excluding hydrogens is 375 g/mol. The summed E-state index contributed by atoms with van der Waals surface area (Å²) in [5, 5.41) is 0. The Hall–Kier alpha value is -1.62. The third kappa shape index (κ3) is 3.94. The first-order valence-corrected chi connectivity index (χ1v) is 7.72. The van der Waals surface area contributed by atoms with E-state index >= 15 is 0 Å². The SMILES string of the molecule is C=C(I)c1ccc(C(=O)OC(C)(C)c2ccccc2)cc1. The first-order valence-electron chi connectivity index (χ1n) is 6.64. The van der Waals surface area contributed by atoms with Crippen molar-refractivity contribution in [3.63, 3.8) is 0 Å². The van der Waals surface area contributed by atoms with E-state index < -0.39 is 5.60 Å². The molecule has 0 saturated carbocycles. The van der Waals surface area contributed by atoms with E-state index in [0.717, 1.165) is 14.7 Å². The summed E-state index contributed by atoms with van der Waals surface area (Å²) < 4.78 is 6.59. The van der Waals surface area contributed by atoms with E-state index in [0.29, 0.717) is 5.56 Å². The molecule has 0 saturated heterocycles. The first kappa shape index (κ1) is 15.8. The first-order chi connectivity index (χ1) is 9.90. The average molecular weight is 392 g/mol. The Morgan fingerprint density at radius 1 is 1.00 bits per heavy atom. The molecule has 108 valence electrons. The van der Waals surface area contributed by atoms with E-state index in [-0.39, 0.29) is 5.97 Å². The largest absolute Gasteiger partial charge is 0.451 e. The average Bonchev–Trinajstić information content (AvgIpc) is 2.48. The molecule has 2 rings (SSSR count). The van der Waals surface area contributed by atoms with E-state index in [1.807, 2.05) is 56.3 Å². The molecule has 0 amide bonds. The Morgan fingerprint density at radius 3 is 2.05 bits per heavy atom. The van der Waals surface area contributed by atoms with Crippen molar-refractivity contribution < 1.29 is 9.53 Å². The lowest BCUT2D eigenvalue weighted by atomic mass is 9.98. The second-order valence-corrected chi connectivity index (χ2v) is 6.55. The smallest absolute Gasteiger partial charge is 0.338 e. The summed E-state index contributed by atoms with van der Waals surface area (Å²) in [6, 6.07) is 17.0. The second-order valence-electron chi connectivity index (χ2n) is 5.25. The number of esters is 1. The van der Waals surface area contributed by atoms with Gasteiger partial charge in [0.25, 0.3) is 0 Å². The van der Waals surface area contributed by atoms with Crippen LogP contribution in [0.5, 0.6) is 0 Å². The summed E-state index contributed by atoms with van der Waals surface area (Å²) >= 11 is 2.16. The zero-order chi connectivity index (χ0) is 15.5. The molecule has 2 aromatic carbocycles. The lowest BCUT2D eigenvalue weighted by Crippen LogP contribution is -2.25. The van der Waals surface area contributed by atoms with Crippen molar-refractivity contribution in [3.05, 3.63) is 77.9 Å². The fourth-order valence-corrected chi connectivity index (χ4v) is 2.34. The molecule has 0 aromatic heterocycles. The molecule has 0 N–H and O–H groups in total. The predicted octanol–water partition coefficient (Wildman–Crippen LogP) is 5.18. The van der Waals surface area contributed by atoms with Crippen LogP contribution in [-0.2, 0) is 10.3 Å². The Bertz CT molecular complexity index is 643. The number of ether oxygens (including phenoxy) is 1. The van der Waals surface area contributed by atoms with Crippen molar-refractivity contribution in [2.24, 2.45) is 0 Å². The van der Waals surface area contributed by atoms with E-state index in [1.54, 1.807) is 12.1 Å². The number of carbonyl (C=O) groups excluding carboxylic acids is 1. The van der Waals surface area contributed by atoms with Gasteiger partial charge in [0.05, 0.1) is 5.56 Å². The van der Waals surface area contributed by atoms with Gasteiger partial charge in [0.15, 0.2) is 0 Å². The Balaban J connectivity index is 2.15. The third-order valence-corrected chi connectivity index (χ3v) is 3.87. The summed E-state index contributed by atoms with van der Waals surface area (Å²) in [6.07, 6.45) is 0. The number of hydrogen-bond acceptors (Lipinski definition) is 2. The van der Waals surface area contributed by atoms with Crippen LogP contribution in [0.2, 0.25) is 0 Å². The van der Waals surface area contributed by atoms with Crippen molar-refractivity contribution >= 4 is 32.1 Å². The molecule has 0 fully saturated rings. The van der Waals surface area contributed by atoms with Crippen molar-refractivity contribution in [2.75, 3.05) is 0 Å². The van der Waals surface area contributed by atoms with Gasteiger partial charge in [0.1, 0.15) is 5.60 Å². The van der Waals surface area contributed by atoms with Crippen LogP contribution in [0, 0.1) is 0 Å². The van der Waals surface area contributed by atoms with Gasteiger partial charge in [0, 0.05) is 3.58 Å². The van der Waals surface area contributed by atoms with Gasteiger partial charge in [0.2, 0.25) is 0 Å². The summed E-state index contributed by atoms with van der Waals surface area (Å²) in [4.78, 5) is 12.3. The molecule has 2 nitrogen and oxygen atoms in total. The van der Waals surface area contributed by atoms with Gasteiger partial charge in [-0.2, -0.15) is 0 Å². The predicted molar refractivity (Wildman–Crippen MR) is 94.4 cm³/mol. The van der Waals surface area contributed by atoms with Crippen LogP contribution in [0.15, 0.2) is 61.2 Å². The molecule has 0 unspecified atom stereocenters. The summed E-state index contributed by atoms with van der Waals surface area (Å²) in [6.45, 7) is 7.65. The maximum atomic E-state index is 12.3. The van der Waals surface area contributed by atoms with E-state index in [9.17, 15) is 4.79 Å². The standard InChI is InChI=1S/C18H17IO2/c1-13(19)14-9-11-15(12-10-14)17(20)21-18(2,3)16-7-5-4-6-8-16/h4-12H,1H2,2-3H3. The molecule has 3 heteroatoms. The van der Waals surface area contributed by atoms with Crippen molar-refractivity contribution in [1.29, 1.82) is 0 Å². The lowest BCUT2D eigenvalue weighted by molar-refractivity contribution is -0.00312. The fourth-order valence-electron chi connectivity index (χ4n) is 1.98. The van der Waals surface area contributed by atoms with Gasteiger partial charge in [-0.05, 0) is 59.7 Å². The molecule has 0 spiro atoms. The molecule has 0 aliphatic heterocycles. The Kier molecular flexibility index (Phi) is 4.83. The van der Waals surface area contributed by atoms with Crippen LogP contribution in [-0.4, -0.2) is 5.97 Å². The second kappa shape index (κ2) is 6.43. The molecule has 0 atom stereocenters. The topological polar surface area (TPSA) is 26.3 Å². The normalized spacial score (nSPS) is 11.0. The van der Waals surface area contributed by atoms with E-state index in [1.165, 1.54) is 0 Å². The highest BCUT2D eigenvalue weighted by atomic mass is 127. The molecule has 21 heavy (non-hydrogen) atoms. The highest BCUT2D eigenvalue weighted by Gasteiger charge is 2.25. The van der Waals surface area contributed by atoms with E-state index in [2.05, 4.69) is 29.2 Å². The molecule has 0 radical (unpaired) electrons. The molecule has 0 bridgehead atoms. The number of benzene rings is 2. The minimum absolute atomic E-state index is 0.325. The Morgan fingerprint density at radius 2 is 1.52 bits per heavy atom. The number of rotatable bonds is 4. The minimum Gasteiger partial charge on any atom is -0.451 e. The maximum Gasteiger partial charge on any atom is 0.338 e. The zero-order valence-corrected chi connectivity index (χ0v) is 14.3. The highest BCUT2D eigenvalue weighted by Crippen LogP contribution is 2.26. The van der Waals surface area contributed by atoms with Gasteiger partial charge in [-0.25, -0.2) is 4.79 Å². The Labute approximate surface area is 139 Å². The van der Waals surface area contributed by atoms with Crippen molar-refractivity contribution in [1.82, 2.24) is 0 Å². The minimum atomic E-state index is -0.663. The van der Waals surface area contributed by atoms with Gasteiger partial charge < -0.3 is 4.74 Å². The molecule has 0 aliphatic rings. The van der Waals surface area contributed by atoms with Crippen LogP contribution in [0.25, 0.3) is 3.58 Å². The number of hydrogen-bond donors (Lipinski definition) is 0. The third-order valence-electron chi connectivity index (χ3n) is 3.25. The molecule has 0 heterocycles. The van der Waals surface area contributed by atoms with Crippen molar-refractivity contribution in [3.8, 4) is 0 Å². The van der Waals surface area contributed by atoms with Gasteiger partial charge in [-0.15, -0.1) is 0 Å². The van der Waals surface area contributed by atoms with Crippen LogP contribution in [0.4, 0.5) is 0 Å². The molecule has 2 aromatic rings. The highest BCUT2D eigenvalue weighted by molar-refractivity contribution is 14.1. The number of halogens is 1. The van der Waals surface area contributed by atoms with Crippen LogP contribution < -0.4 is 0 Å². The quantitative estimate of drug-likeness (QED) is 0.529. The fraction of sp³-hybridized carbons (Fsp3) is 0.167.